The van der Waals surface area contributed by atoms with Crippen LogP contribution in [0.1, 0.15) is 14.5 Å². The van der Waals surface area contributed by atoms with Crippen LogP contribution < -0.4 is 15.8 Å². The van der Waals surface area contributed by atoms with Crippen molar-refractivity contribution in [1.29, 1.82) is 0 Å². The molecule has 0 fully saturated rings. The van der Waals surface area contributed by atoms with Crippen LogP contribution in [0.4, 0.5) is 10.8 Å². The number of carbonyl (C=O) groups excluding carboxylic acids is 1. The predicted molar refractivity (Wildman–Crippen MR) is 103 cm³/mol. The van der Waals surface area contributed by atoms with Gasteiger partial charge in [-0.25, -0.2) is 9.97 Å². The number of methoxy groups -OCH3 is 1. The first-order valence-corrected chi connectivity index (χ1v) is 9.09. The average molecular weight is 370 g/mol. The van der Waals surface area contributed by atoms with E-state index in [9.17, 15) is 4.79 Å². The third-order valence-corrected chi connectivity index (χ3v) is 5.71. The van der Waals surface area contributed by atoms with Crippen molar-refractivity contribution in [3.63, 3.8) is 0 Å². The number of thiazole rings is 1. The molecule has 0 atom stereocenters. The largest absolute Gasteiger partial charge is 0.497 e. The molecule has 0 spiro atoms. The maximum atomic E-state index is 12.5. The van der Waals surface area contributed by atoms with Crippen LogP contribution in [-0.2, 0) is 0 Å². The van der Waals surface area contributed by atoms with Crippen molar-refractivity contribution >= 4 is 60.5 Å². The molecule has 0 aliphatic heterocycles. The first-order valence-electron chi connectivity index (χ1n) is 7.45. The van der Waals surface area contributed by atoms with Crippen LogP contribution in [-0.4, -0.2) is 23.0 Å². The Morgan fingerprint density at radius 1 is 1.28 bits per heavy atom. The zero-order valence-corrected chi connectivity index (χ0v) is 15.1. The molecule has 0 aliphatic carbocycles. The number of aryl methyl sites for hydroxylation is 1. The summed E-state index contributed by atoms with van der Waals surface area (Å²) in [5, 5.41) is 5.07. The van der Waals surface area contributed by atoms with Gasteiger partial charge in [-0.3, -0.25) is 10.1 Å². The van der Waals surface area contributed by atoms with Gasteiger partial charge in [0.2, 0.25) is 0 Å². The zero-order valence-electron chi connectivity index (χ0n) is 13.5. The quantitative estimate of drug-likeness (QED) is 0.568. The molecule has 3 aromatic heterocycles. The number of anilines is 2. The second kappa shape index (κ2) is 5.98. The highest BCUT2D eigenvalue weighted by atomic mass is 32.1. The molecule has 0 saturated heterocycles. The van der Waals surface area contributed by atoms with Gasteiger partial charge >= 0.3 is 0 Å². The Bertz CT molecular complexity index is 1120. The summed E-state index contributed by atoms with van der Waals surface area (Å²) in [5.41, 5.74) is 7.46. The number of carbonyl (C=O) groups is 1. The number of fused-ring (bicyclic) bond motifs is 2. The summed E-state index contributed by atoms with van der Waals surface area (Å²) in [6.45, 7) is 1.94. The van der Waals surface area contributed by atoms with Gasteiger partial charge in [0.1, 0.15) is 15.5 Å². The Labute approximate surface area is 151 Å². The number of rotatable bonds is 3. The van der Waals surface area contributed by atoms with E-state index in [1.54, 1.807) is 13.3 Å². The maximum Gasteiger partial charge on any atom is 0.269 e. The smallest absolute Gasteiger partial charge is 0.269 e. The fraction of sp³-hybridized carbons (Fsp3) is 0.118. The van der Waals surface area contributed by atoms with Gasteiger partial charge in [0.05, 0.1) is 18.3 Å². The Morgan fingerprint density at radius 3 is 2.84 bits per heavy atom. The summed E-state index contributed by atoms with van der Waals surface area (Å²) in [6.07, 6.45) is 1.72. The lowest BCUT2D eigenvalue weighted by Gasteiger charge is -2.02. The molecule has 1 amide bonds. The molecule has 3 heterocycles. The highest BCUT2D eigenvalue weighted by Gasteiger charge is 2.19. The van der Waals surface area contributed by atoms with Gasteiger partial charge in [-0.05, 0) is 25.1 Å². The maximum absolute atomic E-state index is 12.5. The van der Waals surface area contributed by atoms with Crippen molar-refractivity contribution in [3.8, 4) is 5.75 Å². The van der Waals surface area contributed by atoms with Crippen LogP contribution >= 0.6 is 22.7 Å². The number of nitrogens with two attached hydrogens (primary N) is 1. The van der Waals surface area contributed by atoms with Crippen LogP contribution in [0.2, 0.25) is 0 Å². The molecule has 4 aromatic rings. The highest BCUT2D eigenvalue weighted by Crippen LogP contribution is 2.35. The van der Waals surface area contributed by atoms with Gasteiger partial charge in [0, 0.05) is 27.9 Å². The fourth-order valence-electron chi connectivity index (χ4n) is 2.54. The minimum absolute atomic E-state index is 0.267. The number of pyridine rings is 1. The third-order valence-electron chi connectivity index (χ3n) is 3.77. The molecular formula is C17H14N4O2S2. The topological polar surface area (TPSA) is 90.1 Å². The lowest BCUT2D eigenvalue weighted by Crippen LogP contribution is -2.11. The van der Waals surface area contributed by atoms with Crippen LogP contribution in [0.3, 0.4) is 0 Å². The Morgan fingerprint density at radius 2 is 2.12 bits per heavy atom. The van der Waals surface area contributed by atoms with Gasteiger partial charge in [0.25, 0.3) is 5.91 Å². The number of nitrogens with zero attached hydrogens (tertiary/aromatic N) is 2. The van der Waals surface area contributed by atoms with E-state index in [2.05, 4.69) is 15.3 Å². The summed E-state index contributed by atoms with van der Waals surface area (Å²) in [7, 11) is 1.62. The number of aromatic nitrogens is 2. The van der Waals surface area contributed by atoms with Gasteiger partial charge in [-0.2, -0.15) is 0 Å². The number of nitrogen functional groups attached to an aromatic ring is 1. The highest BCUT2D eigenvalue weighted by molar-refractivity contribution is 7.21. The number of benzene rings is 1. The Hall–Kier alpha value is -2.71. The second-order valence-corrected chi connectivity index (χ2v) is 7.71. The number of amides is 1. The molecule has 126 valence electrons. The van der Waals surface area contributed by atoms with Gasteiger partial charge in [-0.15, -0.1) is 22.7 Å². The van der Waals surface area contributed by atoms with Crippen molar-refractivity contribution in [1.82, 2.24) is 9.97 Å². The molecule has 0 radical (unpaired) electrons. The summed E-state index contributed by atoms with van der Waals surface area (Å²) in [4.78, 5) is 23.5. The lowest BCUT2D eigenvalue weighted by atomic mass is 10.1. The SMILES string of the molecule is COc1ccc2cc3c(N)c(C(=O)Nc4ncc(C)s4)sc3nc2c1. The Kier molecular flexibility index (Phi) is 3.78. The van der Waals surface area contributed by atoms with Crippen molar-refractivity contribution in [2.75, 3.05) is 18.2 Å². The molecular weight excluding hydrogens is 356 g/mol. The monoisotopic (exact) mass is 370 g/mol. The van der Waals surface area contributed by atoms with E-state index in [4.69, 9.17) is 10.5 Å². The zero-order chi connectivity index (χ0) is 17.6. The van der Waals surface area contributed by atoms with Crippen LogP contribution in [0.15, 0.2) is 30.5 Å². The van der Waals surface area contributed by atoms with Crippen LogP contribution in [0.25, 0.3) is 21.1 Å². The summed E-state index contributed by atoms with van der Waals surface area (Å²) >= 11 is 2.70. The molecule has 0 bridgehead atoms. The molecule has 1 aromatic carbocycles. The standard InChI is InChI=1S/C17H14N4O2S2/c1-8-7-19-17(24-8)21-15(22)14-13(18)11-5-9-3-4-10(23-2)6-12(9)20-16(11)25-14/h3-7H,18H2,1-2H3,(H,19,21,22). The van der Waals surface area contributed by atoms with E-state index in [1.165, 1.54) is 22.7 Å². The fourth-order valence-corrected chi connectivity index (χ4v) is 4.18. The molecule has 6 nitrogen and oxygen atoms in total. The van der Waals surface area contributed by atoms with E-state index in [0.29, 0.717) is 15.7 Å². The summed E-state index contributed by atoms with van der Waals surface area (Å²) < 4.78 is 5.24. The van der Waals surface area contributed by atoms with Crippen molar-refractivity contribution in [2.24, 2.45) is 0 Å². The lowest BCUT2D eigenvalue weighted by molar-refractivity contribution is 0.103. The van der Waals surface area contributed by atoms with Crippen molar-refractivity contribution in [3.05, 3.63) is 40.2 Å². The number of hydrogen-bond acceptors (Lipinski definition) is 7. The first-order chi connectivity index (χ1) is 12.0. The minimum Gasteiger partial charge on any atom is -0.497 e. The first kappa shape index (κ1) is 15.8. The number of ether oxygens (including phenoxy) is 1. The van der Waals surface area contributed by atoms with E-state index in [-0.39, 0.29) is 5.91 Å². The van der Waals surface area contributed by atoms with Crippen LogP contribution in [0, 0.1) is 6.92 Å². The number of thiophene rings is 1. The number of nitrogens with one attached hydrogen (secondary N) is 1. The summed E-state index contributed by atoms with van der Waals surface area (Å²) in [6, 6.07) is 7.61. The average Bonchev–Trinajstić information content (AvgIpc) is 3.15. The number of hydrogen-bond donors (Lipinski definition) is 2. The van der Waals surface area contributed by atoms with E-state index < -0.39 is 0 Å². The van der Waals surface area contributed by atoms with E-state index >= 15 is 0 Å². The van der Waals surface area contributed by atoms with E-state index in [0.717, 1.165) is 31.7 Å². The Balaban J connectivity index is 1.78. The minimum atomic E-state index is -0.267. The van der Waals surface area contributed by atoms with E-state index in [1.807, 2.05) is 31.2 Å². The van der Waals surface area contributed by atoms with Gasteiger partial charge in [-0.1, -0.05) is 0 Å². The van der Waals surface area contributed by atoms with Crippen molar-refractivity contribution in [2.45, 2.75) is 6.92 Å². The molecule has 25 heavy (non-hydrogen) atoms. The normalized spacial score (nSPS) is 11.1. The molecule has 0 saturated carbocycles. The molecule has 4 rings (SSSR count). The molecule has 0 unspecified atom stereocenters. The van der Waals surface area contributed by atoms with Gasteiger partial charge in [0.15, 0.2) is 5.13 Å². The molecule has 3 N–H and O–H groups in total. The molecule has 8 heteroatoms. The predicted octanol–water partition coefficient (Wildman–Crippen LogP) is 4.06. The second-order valence-electron chi connectivity index (χ2n) is 5.47. The van der Waals surface area contributed by atoms with Gasteiger partial charge < -0.3 is 10.5 Å². The molecule has 0 aliphatic rings. The van der Waals surface area contributed by atoms with Crippen LogP contribution in [0.5, 0.6) is 5.75 Å². The van der Waals surface area contributed by atoms with Crippen molar-refractivity contribution < 1.29 is 9.53 Å². The third kappa shape index (κ3) is 2.79. The summed E-state index contributed by atoms with van der Waals surface area (Å²) in [5.74, 6) is 0.470.